The number of halogens is 2. The van der Waals surface area contributed by atoms with Gasteiger partial charge in [0.05, 0.1) is 23.1 Å². The second-order valence-electron chi connectivity index (χ2n) is 7.05. The minimum absolute atomic E-state index is 0.146. The SMILES string of the molecule is Cn1c(=O)c2ccccc2n2c(CN3CCCc4cc(F)cc(F)c43)nnc12. The fourth-order valence-corrected chi connectivity index (χ4v) is 4.06. The Morgan fingerprint density at radius 2 is 1.96 bits per heavy atom. The quantitative estimate of drug-likeness (QED) is 0.536. The molecule has 0 N–H and O–H groups in total. The van der Waals surface area contributed by atoms with E-state index < -0.39 is 11.6 Å². The molecule has 28 heavy (non-hydrogen) atoms. The average Bonchev–Trinajstić information content (AvgIpc) is 3.09. The van der Waals surface area contributed by atoms with Crippen LogP contribution in [0.4, 0.5) is 14.5 Å². The highest BCUT2D eigenvalue weighted by Gasteiger charge is 2.24. The molecule has 6 nitrogen and oxygen atoms in total. The molecule has 0 saturated carbocycles. The number of aromatic nitrogens is 4. The first kappa shape index (κ1) is 16.9. The predicted molar refractivity (Wildman–Crippen MR) is 101 cm³/mol. The highest BCUT2D eigenvalue weighted by Crippen LogP contribution is 2.32. The third-order valence-corrected chi connectivity index (χ3v) is 5.32. The van der Waals surface area contributed by atoms with Crippen LogP contribution >= 0.6 is 0 Å². The van der Waals surface area contributed by atoms with Crippen LogP contribution in [0.3, 0.4) is 0 Å². The summed E-state index contributed by atoms with van der Waals surface area (Å²) in [6.07, 6.45) is 1.43. The minimum Gasteiger partial charge on any atom is -0.361 e. The molecule has 0 spiro atoms. The highest BCUT2D eigenvalue weighted by atomic mass is 19.1. The molecule has 0 amide bonds. The largest absolute Gasteiger partial charge is 0.361 e. The van der Waals surface area contributed by atoms with Gasteiger partial charge in [-0.2, -0.15) is 0 Å². The van der Waals surface area contributed by atoms with Crippen molar-refractivity contribution in [2.24, 2.45) is 7.05 Å². The first-order chi connectivity index (χ1) is 13.5. The Bertz CT molecular complexity index is 1290. The standard InChI is InChI=1S/C20H17F2N5O/c1-25-19(28)14-6-2-3-7-16(14)27-17(23-24-20(25)27)11-26-8-4-5-12-9-13(21)10-15(22)18(12)26/h2-3,6-7,9-10H,4-5,8,11H2,1H3. The molecule has 0 atom stereocenters. The summed E-state index contributed by atoms with van der Waals surface area (Å²) in [6, 6.07) is 9.58. The fourth-order valence-electron chi connectivity index (χ4n) is 4.06. The summed E-state index contributed by atoms with van der Waals surface area (Å²) in [5.74, 6) is -0.110. The number of hydrogen-bond donors (Lipinski definition) is 0. The average molecular weight is 381 g/mol. The molecule has 142 valence electrons. The van der Waals surface area contributed by atoms with E-state index in [4.69, 9.17) is 0 Å². The van der Waals surface area contributed by atoms with Crippen LogP contribution in [0.15, 0.2) is 41.2 Å². The van der Waals surface area contributed by atoms with Crippen molar-refractivity contribution in [1.29, 1.82) is 0 Å². The molecule has 1 aliphatic heterocycles. The van der Waals surface area contributed by atoms with E-state index in [1.807, 2.05) is 27.5 Å². The molecule has 2 aromatic heterocycles. The van der Waals surface area contributed by atoms with Gasteiger partial charge in [-0.25, -0.2) is 8.78 Å². The Hall–Kier alpha value is -3.29. The van der Waals surface area contributed by atoms with Crippen molar-refractivity contribution in [3.05, 3.63) is 69.8 Å². The molecular formula is C20H17F2N5O. The second-order valence-corrected chi connectivity index (χ2v) is 7.05. The molecule has 5 rings (SSSR count). The lowest BCUT2D eigenvalue weighted by Crippen LogP contribution is -2.31. The number of benzene rings is 2. The van der Waals surface area contributed by atoms with E-state index in [-0.39, 0.29) is 5.56 Å². The first-order valence-corrected chi connectivity index (χ1v) is 9.09. The maximum atomic E-state index is 14.5. The lowest BCUT2D eigenvalue weighted by molar-refractivity contribution is 0.559. The fraction of sp³-hybridized carbons (Fsp3) is 0.250. The summed E-state index contributed by atoms with van der Waals surface area (Å²) in [7, 11) is 1.65. The number of aryl methyl sites for hydroxylation is 2. The van der Waals surface area contributed by atoms with Crippen LogP contribution in [-0.2, 0) is 20.0 Å². The zero-order chi connectivity index (χ0) is 19.4. The van der Waals surface area contributed by atoms with Crippen molar-refractivity contribution in [2.45, 2.75) is 19.4 Å². The number of anilines is 1. The van der Waals surface area contributed by atoms with E-state index in [0.29, 0.717) is 53.3 Å². The number of nitrogens with zero attached hydrogens (tertiary/aromatic N) is 5. The summed E-state index contributed by atoms with van der Waals surface area (Å²) in [5.41, 5.74) is 1.64. The maximum absolute atomic E-state index is 14.5. The van der Waals surface area contributed by atoms with E-state index in [0.717, 1.165) is 12.5 Å². The van der Waals surface area contributed by atoms with Gasteiger partial charge in [0.15, 0.2) is 5.82 Å². The van der Waals surface area contributed by atoms with Gasteiger partial charge < -0.3 is 4.90 Å². The van der Waals surface area contributed by atoms with E-state index in [1.165, 1.54) is 10.6 Å². The summed E-state index contributed by atoms with van der Waals surface area (Å²) < 4.78 is 31.4. The summed E-state index contributed by atoms with van der Waals surface area (Å²) in [6.45, 7) is 0.938. The lowest BCUT2D eigenvalue weighted by atomic mass is 10.0. The maximum Gasteiger partial charge on any atom is 0.262 e. The first-order valence-electron chi connectivity index (χ1n) is 9.09. The van der Waals surface area contributed by atoms with Crippen LogP contribution in [-0.4, -0.2) is 25.7 Å². The Balaban J connectivity index is 1.68. The molecule has 0 radical (unpaired) electrons. The van der Waals surface area contributed by atoms with Gasteiger partial charge in [-0.15, -0.1) is 10.2 Å². The normalized spacial score (nSPS) is 14.0. The van der Waals surface area contributed by atoms with Gasteiger partial charge in [-0.1, -0.05) is 12.1 Å². The molecule has 0 fully saturated rings. The van der Waals surface area contributed by atoms with Crippen molar-refractivity contribution in [2.75, 3.05) is 11.4 Å². The van der Waals surface area contributed by atoms with Gasteiger partial charge in [0, 0.05) is 19.7 Å². The smallest absolute Gasteiger partial charge is 0.262 e. The predicted octanol–water partition coefficient (Wildman–Crippen LogP) is 2.81. The summed E-state index contributed by atoms with van der Waals surface area (Å²) in [4.78, 5) is 14.4. The molecule has 0 unspecified atom stereocenters. The monoisotopic (exact) mass is 381 g/mol. The molecule has 4 aromatic rings. The Morgan fingerprint density at radius 1 is 1.14 bits per heavy atom. The van der Waals surface area contributed by atoms with Gasteiger partial charge in [-0.3, -0.25) is 13.8 Å². The van der Waals surface area contributed by atoms with E-state index >= 15 is 0 Å². The molecule has 3 heterocycles. The third-order valence-electron chi connectivity index (χ3n) is 5.32. The van der Waals surface area contributed by atoms with Gasteiger partial charge in [0.2, 0.25) is 5.78 Å². The Labute approximate surface area is 158 Å². The van der Waals surface area contributed by atoms with E-state index in [1.54, 1.807) is 13.1 Å². The number of rotatable bonds is 2. The summed E-state index contributed by atoms with van der Waals surface area (Å²) >= 11 is 0. The lowest BCUT2D eigenvalue weighted by Gasteiger charge is -2.31. The summed E-state index contributed by atoms with van der Waals surface area (Å²) in [5, 5.41) is 9.02. The van der Waals surface area contributed by atoms with Crippen molar-refractivity contribution in [3.8, 4) is 0 Å². The third kappa shape index (κ3) is 2.41. The number of hydrogen-bond acceptors (Lipinski definition) is 4. The van der Waals surface area contributed by atoms with Crippen LogP contribution in [0.25, 0.3) is 16.7 Å². The topological polar surface area (TPSA) is 55.4 Å². The Kier molecular flexibility index (Phi) is 3.68. The van der Waals surface area contributed by atoms with Crippen molar-refractivity contribution >= 4 is 22.4 Å². The number of para-hydroxylation sites is 1. The van der Waals surface area contributed by atoms with Gasteiger partial charge >= 0.3 is 0 Å². The molecule has 0 aliphatic carbocycles. The van der Waals surface area contributed by atoms with Crippen LogP contribution in [0.2, 0.25) is 0 Å². The van der Waals surface area contributed by atoms with Crippen molar-refractivity contribution in [1.82, 2.24) is 19.2 Å². The van der Waals surface area contributed by atoms with E-state index in [2.05, 4.69) is 10.2 Å². The molecule has 2 aromatic carbocycles. The van der Waals surface area contributed by atoms with Gasteiger partial charge in [-0.05, 0) is 36.6 Å². The highest BCUT2D eigenvalue weighted by molar-refractivity contribution is 5.80. The van der Waals surface area contributed by atoms with Crippen LogP contribution in [0.5, 0.6) is 0 Å². The van der Waals surface area contributed by atoms with Gasteiger partial charge in [0.25, 0.3) is 5.56 Å². The zero-order valence-electron chi connectivity index (χ0n) is 15.2. The molecule has 8 heteroatoms. The van der Waals surface area contributed by atoms with Crippen LogP contribution in [0.1, 0.15) is 17.8 Å². The molecule has 0 bridgehead atoms. The molecular weight excluding hydrogens is 364 g/mol. The second kappa shape index (κ2) is 6.12. The zero-order valence-corrected chi connectivity index (χ0v) is 15.2. The van der Waals surface area contributed by atoms with E-state index in [9.17, 15) is 13.6 Å². The van der Waals surface area contributed by atoms with Gasteiger partial charge in [0.1, 0.15) is 11.6 Å². The minimum atomic E-state index is -0.569. The van der Waals surface area contributed by atoms with Crippen LogP contribution < -0.4 is 10.5 Å². The molecule has 0 saturated heterocycles. The number of fused-ring (bicyclic) bond motifs is 4. The Morgan fingerprint density at radius 3 is 2.82 bits per heavy atom. The van der Waals surface area contributed by atoms with Crippen LogP contribution in [0, 0.1) is 11.6 Å². The van der Waals surface area contributed by atoms with Crippen molar-refractivity contribution in [3.63, 3.8) is 0 Å². The van der Waals surface area contributed by atoms with Crippen molar-refractivity contribution < 1.29 is 8.78 Å². The molecule has 1 aliphatic rings.